The van der Waals surface area contributed by atoms with Gasteiger partial charge in [-0.1, -0.05) is 6.42 Å². The molecule has 1 aliphatic rings. The molecule has 1 amide bonds. The van der Waals surface area contributed by atoms with Crippen LogP contribution in [-0.4, -0.2) is 34.6 Å². The second kappa shape index (κ2) is 7.19. The van der Waals surface area contributed by atoms with Crippen molar-refractivity contribution < 1.29 is 19.4 Å². The molecule has 1 atom stereocenters. The van der Waals surface area contributed by atoms with Gasteiger partial charge in [-0.3, -0.25) is 4.79 Å². The van der Waals surface area contributed by atoms with Gasteiger partial charge in [0.05, 0.1) is 5.25 Å². The number of aliphatic carboxylic acids is 1. The van der Waals surface area contributed by atoms with Crippen molar-refractivity contribution in [2.75, 3.05) is 17.7 Å². The minimum atomic E-state index is -1.02. The third-order valence-corrected chi connectivity index (χ3v) is 4.33. The molecule has 1 saturated heterocycles. The molecule has 6 heteroatoms. The number of thioether (sulfide) groups is 1. The SMILES string of the molecule is O=C(O)COc1ccc(NC(=O)C2CCCCS2)cc1. The quantitative estimate of drug-likeness (QED) is 0.872. The van der Waals surface area contributed by atoms with Gasteiger partial charge < -0.3 is 15.2 Å². The molecule has 0 spiro atoms. The van der Waals surface area contributed by atoms with Crippen LogP contribution < -0.4 is 10.1 Å². The largest absolute Gasteiger partial charge is 0.482 e. The molecule has 0 radical (unpaired) electrons. The summed E-state index contributed by atoms with van der Waals surface area (Å²) in [7, 11) is 0. The summed E-state index contributed by atoms with van der Waals surface area (Å²) in [6.07, 6.45) is 3.22. The summed E-state index contributed by atoms with van der Waals surface area (Å²) in [5.41, 5.74) is 0.698. The van der Waals surface area contributed by atoms with Crippen LogP contribution in [-0.2, 0) is 9.59 Å². The van der Waals surface area contributed by atoms with Gasteiger partial charge in [0, 0.05) is 5.69 Å². The first kappa shape index (κ1) is 14.7. The van der Waals surface area contributed by atoms with E-state index < -0.39 is 5.97 Å². The highest BCUT2D eigenvalue weighted by Gasteiger charge is 2.21. The molecular formula is C14H17NO4S. The Labute approximate surface area is 121 Å². The van der Waals surface area contributed by atoms with E-state index in [1.807, 2.05) is 0 Å². The van der Waals surface area contributed by atoms with E-state index in [2.05, 4.69) is 5.32 Å². The highest BCUT2D eigenvalue weighted by molar-refractivity contribution is 8.00. The predicted octanol–water partition coefficient (Wildman–Crippen LogP) is 2.37. The van der Waals surface area contributed by atoms with E-state index >= 15 is 0 Å². The number of nitrogens with one attached hydrogen (secondary N) is 1. The van der Waals surface area contributed by atoms with Crippen molar-refractivity contribution in [1.29, 1.82) is 0 Å². The zero-order valence-electron chi connectivity index (χ0n) is 11.0. The van der Waals surface area contributed by atoms with Gasteiger partial charge in [0.1, 0.15) is 5.75 Å². The zero-order chi connectivity index (χ0) is 14.4. The molecule has 108 valence electrons. The molecule has 0 aromatic heterocycles. The van der Waals surface area contributed by atoms with Gasteiger partial charge in [-0.05, 0) is 42.9 Å². The second-order valence-electron chi connectivity index (χ2n) is 4.55. The number of rotatable bonds is 5. The molecule has 1 aromatic rings. The average Bonchev–Trinajstić information content (AvgIpc) is 2.47. The van der Waals surface area contributed by atoms with E-state index in [0.29, 0.717) is 11.4 Å². The minimum absolute atomic E-state index is 0.0340. The Balaban J connectivity index is 1.86. The molecule has 20 heavy (non-hydrogen) atoms. The maximum absolute atomic E-state index is 12.0. The van der Waals surface area contributed by atoms with Crippen molar-refractivity contribution >= 4 is 29.3 Å². The van der Waals surface area contributed by atoms with E-state index in [-0.39, 0.29) is 17.8 Å². The van der Waals surface area contributed by atoms with Crippen LogP contribution in [0.2, 0.25) is 0 Å². The molecule has 1 heterocycles. The first-order valence-corrected chi connectivity index (χ1v) is 7.57. The summed E-state index contributed by atoms with van der Waals surface area (Å²) < 4.78 is 5.03. The molecule has 1 fully saturated rings. The van der Waals surface area contributed by atoms with E-state index in [1.54, 1.807) is 36.0 Å². The van der Waals surface area contributed by atoms with Gasteiger partial charge >= 0.3 is 5.97 Å². The molecule has 0 aliphatic carbocycles. The number of carbonyl (C=O) groups excluding carboxylic acids is 1. The van der Waals surface area contributed by atoms with E-state index in [1.165, 1.54) is 6.42 Å². The average molecular weight is 295 g/mol. The first-order valence-electron chi connectivity index (χ1n) is 6.52. The van der Waals surface area contributed by atoms with Crippen molar-refractivity contribution in [1.82, 2.24) is 0 Å². The van der Waals surface area contributed by atoms with E-state index in [4.69, 9.17) is 9.84 Å². The number of benzene rings is 1. The molecule has 2 N–H and O–H groups in total. The monoisotopic (exact) mass is 295 g/mol. The van der Waals surface area contributed by atoms with Crippen LogP contribution in [0.25, 0.3) is 0 Å². The lowest BCUT2D eigenvalue weighted by atomic mass is 10.2. The molecule has 1 aliphatic heterocycles. The van der Waals surface area contributed by atoms with Crippen LogP contribution in [0.1, 0.15) is 19.3 Å². The minimum Gasteiger partial charge on any atom is -0.482 e. The number of amides is 1. The molecule has 0 saturated carbocycles. The Hall–Kier alpha value is -1.69. The molecule has 1 unspecified atom stereocenters. The topological polar surface area (TPSA) is 75.6 Å². The number of ether oxygens (including phenoxy) is 1. The van der Waals surface area contributed by atoms with Crippen molar-refractivity contribution in [2.45, 2.75) is 24.5 Å². The molecule has 2 rings (SSSR count). The van der Waals surface area contributed by atoms with Crippen LogP contribution in [0, 0.1) is 0 Å². The predicted molar refractivity (Wildman–Crippen MR) is 78.3 cm³/mol. The van der Waals surface area contributed by atoms with Gasteiger partial charge in [0.25, 0.3) is 0 Å². The fraction of sp³-hybridized carbons (Fsp3) is 0.429. The number of anilines is 1. The number of hydrogen-bond acceptors (Lipinski definition) is 4. The summed E-state index contributed by atoms with van der Waals surface area (Å²) in [5.74, 6) is 0.531. The van der Waals surface area contributed by atoms with Crippen molar-refractivity contribution in [3.63, 3.8) is 0 Å². The maximum Gasteiger partial charge on any atom is 0.341 e. The van der Waals surface area contributed by atoms with Gasteiger partial charge in [-0.2, -0.15) is 0 Å². The third kappa shape index (κ3) is 4.45. The fourth-order valence-corrected chi connectivity index (χ4v) is 3.15. The lowest BCUT2D eigenvalue weighted by Gasteiger charge is -2.20. The van der Waals surface area contributed by atoms with Crippen LogP contribution in [0.3, 0.4) is 0 Å². The fourth-order valence-electron chi connectivity index (χ4n) is 1.95. The van der Waals surface area contributed by atoms with Gasteiger partial charge in [0.15, 0.2) is 6.61 Å². The van der Waals surface area contributed by atoms with Gasteiger partial charge in [-0.25, -0.2) is 4.79 Å². The highest BCUT2D eigenvalue weighted by Crippen LogP contribution is 2.26. The zero-order valence-corrected chi connectivity index (χ0v) is 11.8. The lowest BCUT2D eigenvalue weighted by molar-refractivity contribution is -0.139. The lowest BCUT2D eigenvalue weighted by Crippen LogP contribution is -2.27. The summed E-state index contributed by atoms with van der Waals surface area (Å²) in [5, 5.41) is 11.4. The molecule has 1 aromatic carbocycles. The summed E-state index contributed by atoms with van der Waals surface area (Å²) in [6.45, 7) is -0.371. The number of carbonyl (C=O) groups is 2. The van der Waals surface area contributed by atoms with Crippen LogP contribution >= 0.6 is 11.8 Å². The Morgan fingerprint density at radius 3 is 2.65 bits per heavy atom. The first-order chi connectivity index (χ1) is 9.65. The maximum atomic E-state index is 12.0. The van der Waals surface area contributed by atoms with Gasteiger partial charge in [0.2, 0.25) is 5.91 Å². The second-order valence-corrected chi connectivity index (χ2v) is 5.86. The molecule has 0 bridgehead atoms. The van der Waals surface area contributed by atoms with E-state index in [9.17, 15) is 9.59 Å². The van der Waals surface area contributed by atoms with Crippen LogP contribution in [0.4, 0.5) is 5.69 Å². The highest BCUT2D eigenvalue weighted by atomic mass is 32.2. The standard InChI is InChI=1S/C14H17NO4S/c16-13(17)9-19-11-6-4-10(5-7-11)15-14(18)12-3-1-2-8-20-12/h4-7,12H,1-3,8-9H2,(H,15,18)(H,16,17). The van der Waals surface area contributed by atoms with E-state index in [0.717, 1.165) is 18.6 Å². The Morgan fingerprint density at radius 2 is 2.05 bits per heavy atom. The van der Waals surface area contributed by atoms with Crippen molar-refractivity contribution in [2.24, 2.45) is 0 Å². The van der Waals surface area contributed by atoms with Crippen LogP contribution in [0.5, 0.6) is 5.75 Å². The smallest absolute Gasteiger partial charge is 0.341 e. The Kier molecular flexibility index (Phi) is 5.29. The summed E-state index contributed by atoms with van der Waals surface area (Å²) in [6, 6.07) is 6.71. The normalized spacial score (nSPS) is 18.3. The Bertz CT molecular complexity index is 469. The number of hydrogen-bond donors (Lipinski definition) is 2. The summed E-state index contributed by atoms with van der Waals surface area (Å²) in [4.78, 5) is 22.4. The summed E-state index contributed by atoms with van der Waals surface area (Å²) >= 11 is 1.70. The van der Waals surface area contributed by atoms with Gasteiger partial charge in [-0.15, -0.1) is 11.8 Å². The van der Waals surface area contributed by atoms with Crippen molar-refractivity contribution in [3.05, 3.63) is 24.3 Å². The molecule has 5 nitrogen and oxygen atoms in total. The molecular weight excluding hydrogens is 278 g/mol. The third-order valence-electron chi connectivity index (χ3n) is 2.96. The Morgan fingerprint density at radius 1 is 1.30 bits per heavy atom. The number of carboxylic acids is 1. The van der Waals surface area contributed by atoms with Crippen LogP contribution in [0.15, 0.2) is 24.3 Å². The van der Waals surface area contributed by atoms with Crippen molar-refractivity contribution in [3.8, 4) is 5.75 Å². The number of carboxylic acid groups (broad SMARTS) is 1.